The fourth-order valence-electron chi connectivity index (χ4n) is 4.05. The molecule has 1 aliphatic rings. The summed E-state index contributed by atoms with van der Waals surface area (Å²) in [7, 11) is -4.09. The van der Waals surface area contributed by atoms with Gasteiger partial charge in [-0.3, -0.25) is 4.79 Å². The highest BCUT2D eigenvalue weighted by Crippen LogP contribution is 2.27. The molecule has 198 valence electrons. The van der Waals surface area contributed by atoms with Gasteiger partial charge in [0.05, 0.1) is 11.0 Å². The van der Waals surface area contributed by atoms with E-state index in [1.807, 2.05) is 0 Å². The molecule has 4 N–H and O–H groups in total. The number of nitrogens with two attached hydrogens (primary N) is 1. The van der Waals surface area contributed by atoms with Gasteiger partial charge in [0, 0.05) is 17.8 Å². The highest BCUT2D eigenvalue weighted by Gasteiger charge is 2.27. The monoisotopic (exact) mass is 529 g/mol. The number of ether oxygens (including phenoxy) is 1. The first kappa shape index (κ1) is 26.3. The number of hydrogen-bond donors (Lipinski definition) is 3. The molecule has 11 nitrogen and oxygen atoms in total. The zero-order chi connectivity index (χ0) is 26.8. The number of imidazole rings is 1. The number of primary amides is 1. The quantitative estimate of drug-likeness (QED) is 0.371. The Kier molecular flexibility index (Phi) is 7.30. The molecule has 0 radical (unpaired) electrons. The van der Waals surface area contributed by atoms with E-state index in [9.17, 15) is 18.0 Å². The van der Waals surface area contributed by atoms with Crippen LogP contribution in [0.25, 0.3) is 11.0 Å². The van der Waals surface area contributed by atoms with Crippen molar-refractivity contribution in [3.05, 3.63) is 42.5 Å². The number of benzene rings is 2. The van der Waals surface area contributed by atoms with Gasteiger partial charge in [-0.1, -0.05) is 12.8 Å². The molecule has 37 heavy (non-hydrogen) atoms. The minimum Gasteiger partial charge on any atom is -0.443 e. The third-order valence-corrected chi connectivity index (χ3v) is 6.96. The second-order valence-corrected chi connectivity index (χ2v) is 11.5. The molecule has 1 saturated carbocycles. The summed E-state index contributed by atoms with van der Waals surface area (Å²) in [4.78, 5) is 32.4. The lowest BCUT2D eigenvalue weighted by molar-refractivity contribution is -0.116. The second kappa shape index (κ2) is 10.3. The van der Waals surface area contributed by atoms with Crippen molar-refractivity contribution in [1.82, 2.24) is 9.97 Å². The van der Waals surface area contributed by atoms with Crippen molar-refractivity contribution in [2.45, 2.75) is 63.0 Å². The molecule has 2 aromatic carbocycles. The molecule has 1 aliphatic carbocycles. The van der Waals surface area contributed by atoms with Gasteiger partial charge in [0.15, 0.2) is 0 Å². The van der Waals surface area contributed by atoms with Crippen LogP contribution in [0.15, 0.2) is 47.4 Å². The third kappa shape index (κ3) is 6.70. The molecule has 0 spiro atoms. The number of nitrogens with one attached hydrogen (secondary N) is 2. The standard InChI is InChI=1S/C25H31N5O6S/c1-25(2,3)35-24(32)30(15-22(26)31)23-28-20-13-10-18(14-21(20)29-23)36-37(33,34)19-11-8-17(9-12-19)27-16-6-4-5-7-16/h8-14,16,27H,4-7,15H2,1-3H3,(H2,26,31)(H,28,29). The summed E-state index contributed by atoms with van der Waals surface area (Å²) < 4.78 is 36.4. The van der Waals surface area contributed by atoms with Gasteiger partial charge in [0.25, 0.3) is 0 Å². The number of carbonyl (C=O) groups excluding carboxylic acids is 2. The first-order valence-electron chi connectivity index (χ1n) is 12.0. The zero-order valence-corrected chi connectivity index (χ0v) is 21.8. The summed E-state index contributed by atoms with van der Waals surface area (Å²) in [5.41, 5.74) is 6.16. The average molecular weight is 530 g/mol. The van der Waals surface area contributed by atoms with Gasteiger partial charge in [-0.05, 0) is 70.0 Å². The van der Waals surface area contributed by atoms with Crippen LogP contribution in [-0.4, -0.2) is 48.6 Å². The van der Waals surface area contributed by atoms with E-state index in [4.69, 9.17) is 14.7 Å². The maximum Gasteiger partial charge on any atom is 0.417 e. The lowest BCUT2D eigenvalue weighted by Crippen LogP contribution is -2.42. The summed E-state index contributed by atoms with van der Waals surface area (Å²) in [6.07, 6.45) is 3.81. The topological polar surface area (TPSA) is 157 Å². The van der Waals surface area contributed by atoms with E-state index in [2.05, 4.69) is 15.3 Å². The van der Waals surface area contributed by atoms with Crippen LogP contribution in [0, 0.1) is 0 Å². The van der Waals surface area contributed by atoms with Crippen molar-refractivity contribution in [3.8, 4) is 5.75 Å². The van der Waals surface area contributed by atoms with Crippen molar-refractivity contribution < 1.29 is 26.9 Å². The molecular weight excluding hydrogens is 498 g/mol. The number of amides is 2. The lowest BCUT2D eigenvalue weighted by Gasteiger charge is -2.24. The smallest absolute Gasteiger partial charge is 0.417 e. The predicted molar refractivity (Wildman–Crippen MR) is 139 cm³/mol. The Morgan fingerprint density at radius 3 is 2.43 bits per heavy atom. The zero-order valence-electron chi connectivity index (χ0n) is 21.0. The van der Waals surface area contributed by atoms with E-state index < -0.39 is 34.3 Å². The third-order valence-electron chi connectivity index (χ3n) is 5.70. The van der Waals surface area contributed by atoms with Crippen molar-refractivity contribution in [1.29, 1.82) is 0 Å². The molecule has 0 unspecified atom stereocenters. The SMILES string of the molecule is CC(C)(C)OC(=O)N(CC(N)=O)c1nc2ccc(OS(=O)(=O)c3ccc(NC4CCCC4)cc3)cc2[nH]1. The number of hydrogen-bond acceptors (Lipinski definition) is 8. The molecule has 0 aliphatic heterocycles. The van der Waals surface area contributed by atoms with Crippen molar-refractivity contribution >= 4 is 44.8 Å². The molecule has 0 bridgehead atoms. The molecule has 1 aromatic heterocycles. The molecule has 12 heteroatoms. The Morgan fingerprint density at radius 2 is 1.81 bits per heavy atom. The van der Waals surface area contributed by atoms with Crippen LogP contribution in [0.5, 0.6) is 5.75 Å². The molecule has 4 rings (SSSR count). The van der Waals surface area contributed by atoms with Crippen LogP contribution >= 0.6 is 0 Å². The largest absolute Gasteiger partial charge is 0.443 e. The van der Waals surface area contributed by atoms with E-state index in [1.54, 1.807) is 32.9 Å². The fourth-order valence-corrected chi connectivity index (χ4v) is 4.97. The highest BCUT2D eigenvalue weighted by molar-refractivity contribution is 7.87. The fraction of sp³-hybridized carbons (Fsp3) is 0.400. The Bertz CT molecular complexity index is 1390. The van der Waals surface area contributed by atoms with Gasteiger partial charge in [-0.15, -0.1) is 0 Å². The van der Waals surface area contributed by atoms with E-state index in [0.717, 1.165) is 23.4 Å². The lowest BCUT2D eigenvalue weighted by atomic mass is 10.2. The van der Waals surface area contributed by atoms with Gasteiger partial charge in [0.2, 0.25) is 11.9 Å². The number of H-pyrrole nitrogens is 1. The number of aromatic amines is 1. The molecule has 1 heterocycles. The van der Waals surface area contributed by atoms with Gasteiger partial charge >= 0.3 is 16.2 Å². The summed E-state index contributed by atoms with van der Waals surface area (Å²) in [5.74, 6) is -0.686. The van der Waals surface area contributed by atoms with Gasteiger partial charge < -0.3 is 25.0 Å². The first-order chi connectivity index (χ1) is 17.4. The molecule has 2 amide bonds. The Hall–Kier alpha value is -3.80. The summed E-state index contributed by atoms with van der Waals surface area (Å²) in [6, 6.07) is 11.3. The number of carbonyl (C=O) groups is 2. The molecule has 3 aromatic rings. The number of rotatable bonds is 8. The molecule has 0 saturated heterocycles. The minimum atomic E-state index is -4.09. The van der Waals surface area contributed by atoms with Gasteiger partial charge in [-0.25, -0.2) is 14.7 Å². The summed E-state index contributed by atoms with van der Waals surface area (Å²) in [6.45, 7) is 4.61. The number of anilines is 2. The normalized spacial score (nSPS) is 14.5. The Labute approximate surface area is 215 Å². The maximum atomic E-state index is 12.9. The van der Waals surface area contributed by atoms with Crippen LogP contribution < -0.4 is 20.1 Å². The number of fused-ring (bicyclic) bond motifs is 1. The summed E-state index contributed by atoms with van der Waals surface area (Å²) >= 11 is 0. The van der Waals surface area contributed by atoms with Gasteiger partial charge in [-0.2, -0.15) is 8.42 Å². The van der Waals surface area contributed by atoms with Crippen LogP contribution in [-0.2, 0) is 19.6 Å². The van der Waals surface area contributed by atoms with Crippen LogP contribution in [0.3, 0.4) is 0 Å². The first-order valence-corrected chi connectivity index (χ1v) is 13.4. The van der Waals surface area contributed by atoms with Crippen LogP contribution in [0.1, 0.15) is 46.5 Å². The van der Waals surface area contributed by atoms with E-state index in [0.29, 0.717) is 17.1 Å². The van der Waals surface area contributed by atoms with Crippen molar-refractivity contribution in [2.24, 2.45) is 5.73 Å². The van der Waals surface area contributed by atoms with Crippen molar-refractivity contribution in [3.63, 3.8) is 0 Å². The molecule has 1 fully saturated rings. The molecular formula is C25H31N5O6S. The van der Waals surface area contributed by atoms with Crippen LogP contribution in [0.4, 0.5) is 16.4 Å². The highest BCUT2D eigenvalue weighted by atomic mass is 32.2. The Balaban J connectivity index is 1.52. The van der Waals surface area contributed by atoms with Crippen LogP contribution in [0.2, 0.25) is 0 Å². The van der Waals surface area contributed by atoms with E-state index in [-0.39, 0.29) is 16.6 Å². The Morgan fingerprint density at radius 1 is 1.14 bits per heavy atom. The summed E-state index contributed by atoms with van der Waals surface area (Å²) in [5, 5.41) is 3.42. The van der Waals surface area contributed by atoms with E-state index in [1.165, 1.54) is 43.2 Å². The average Bonchev–Trinajstić information content (AvgIpc) is 3.45. The van der Waals surface area contributed by atoms with Crippen molar-refractivity contribution in [2.75, 3.05) is 16.8 Å². The number of aromatic nitrogens is 2. The van der Waals surface area contributed by atoms with E-state index >= 15 is 0 Å². The predicted octanol–water partition coefficient (Wildman–Crippen LogP) is 3.91. The maximum absolute atomic E-state index is 12.9. The number of nitrogens with zero attached hydrogens (tertiary/aromatic N) is 2. The molecule has 0 atom stereocenters. The second-order valence-electron chi connectivity index (χ2n) is 9.96. The minimum absolute atomic E-state index is 0.0208. The van der Waals surface area contributed by atoms with Gasteiger partial charge in [0.1, 0.15) is 22.8 Å².